The number of aliphatic hydroxyl groups is 2. The number of hydrogen-bond donors (Lipinski definition) is 3. The highest BCUT2D eigenvalue weighted by molar-refractivity contribution is 5.32. The van der Waals surface area contributed by atoms with Gasteiger partial charge in [0.05, 0.1) is 19.8 Å². The first-order chi connectivity index (χ1) is 7.27. The van der Waals surface area contributed by atoms with E-state index in [1.54, 1.807) is 7.11 Å². The molecular formula is C11H17NO3. The van der Waals surface area contributed by atoms with Crippen molar-refractivity contribution in [3.05, 3.63) is 29.8 Å². The molecule has 0 spiro atoms. The van der Waals surface area contributed by atoms with Crippen molar-refractivity contribution < 1.29 is 14.9 Å². The van der Waals surface area contributed by atoms with Crippen molar-refractivity contribution in [2.45, 2.75) is 12.6 Å². The molecule has 0 radical (unpaired) electrons. The lowest BCUT2D eigenvalue weighted by Crippen LogP contribution is -2.29. The molecule has 0 aromatic heterocycles. The summed E-state index contributed by atoms with van der Waals surface area (Å²) in [6.07, 6.45) is -0.709. The average molecular weight is 211 g/mol. The molecule has 1 atom stereocenters. The zero-order chi connectivity index (χ0) is 11.1. The number of hydrogen-bond acceptors (Lipinski definition) is 4. The molecule has 0 bridgehead atoms. The minimum absolute atomic E-state index is 0.223. The van der Waals surface area contributed by atoms with Crippen molar-refractivity contribution in [3.8, 4) is 5.75 Å². The number of ether oxygens (including phenoxy) is 1. The second kappa shape index (κ2) is 6.40. The predicted molar refractivity (Wildman–Crippen MR) is 57.8 cm³/mol. The minimum Gasteiger partial charge on any atom is -0.496 e. The van der Waals surface area contributed by atoms with E-state index in [4.69, 9.17) is 14.9 Å². The average Bonchev–Trinajstić information content (AvgIpc) is 2.29. The summed E-state index contributed by atoms with van der Waals surface area (Å²) >= 11 is 0. The summed E-state index contributed by atoms with van der Waals surface area (Å²) in [5.41, 5.74) is 1.03. The van der Waals surface area contributed by atoms with Crippen LogP contribution in [0.2, 0.25) is 0 Å². The van der Waals surface area contributed by atoms with Crippen molar-refractivity contribution in [3.63, 3.8) is 0 Å². The van der Waals surface area contributed by atoms with E-state index in [1.807, 2.05) is 24.3 Å². The molecular weight excluding hydrogens is 194 g/mol. The smallest absolute Gasteiger partial charge is 0.123 e. The molecule has 0 heterocycles. The van der Waals surface area contributed by atoms with E-state index in [2.05, 4.69) is 5.32 Å². The molecule has 15 heavy (non-hydrogen) atoms. The van der Waals surface area contributed by atoms with Gasteiger partial charge in [-0.25, -0.2) is 0 Å². The number of methoxy groups -OCH3 is 1. The van der Waals surface area contributed by atoms with E-state index in [-0.39, 0.29) is 6.61 Å². The highest BCUT2D eigenvalue weighted by atomic mass is 16.5. The third-order valence-electron chi connectivity index (χ3n) is 2.10. The van der Waals surface area contributed by atoms with Gasteiger partial charge in [0.1, 0.15) is 5.75 Å². The first kappa shape index (κ1) is 12.0. The van der Waals surface area contributed by atoms with Crippen LogP contribution in [0.25, 0.3) is 0 Å². The molecule has 84 valence electrons. The van der Waals surface area contributed by atoms with Gasteiger partial charge in [0.2, 0.25) is 0 Å². The van der Waals surface area contributed by atoms with E-state index < -0.39 is 6.10 Å². The van der Waals surface area contributed by atoms with E-state index >= 15 is 0 Å². The van der Waals surface area contributed by atoms with Gasteiger partial charge in [-0.3, -0.25) is 0 Å². The Morgan fingerprint density at radius 1 is 1.40 bits per heavy atom. The SMILES string of the molecule is COc1ccccc1CNC[C@H](O)CO. The molecule has 4 heteroatoms. The molecule has 0 aliphatic rings. The predicted octanol–water partition coefficient (Wildman–Crippen LogP) is 0.138. The van der Waals surface area contributed by atoms with Gasteiger partial charge in [-0.15, -0.1) is 0 Å². The maximum atomic E-state index is 9.12. The molecule has 4 nitrogen and oxygen atoms in total. The van der Waals surface area contributed by atoms with Gasteiger partial charge in [0, 0.05) is 18.7 Å². The van der Waals surface area contributed by atoms with Crippen molar-refractivity contribution in [2.24, 2.45) is 0 Å². The van der Waals surface area contributed by atoms with Gasteiger partial charge in [0.15, 0.2) is 0 Å². The molecule has 0 amide bonds. The molecule has 1 rings (SSSR count). The minimum atomic E-state index is -0.709. The zero-order valence-corrected chi connectivity index (χ0v) is 8.81. The molecule has 3 N–H and O–H groups in total. The Labute approximate surface area is 89.5 Å². The summed E-state index contributed by atoms with van der Waals surface area (Å²) in [6.45, 7) is 0.758. The maximum absolute atomic E-state index is 9.12. The van der Waals surface area contributed by atoms with Crippen LogP contribution < -0.4 is 10.1 Å². The summed E-state index contributed by atoms with van der Waals surface area (Å²) in [7, 11) is 1.63. The summed E-state index contributed by atoms with van der Waals surface area (Å²) in [6, 6.07) is 7.68. The van der Waals surface area contributed by atoms with Crippen LogP contribution >= 0.6 is 0 Å². The number of para-hydroxylation sites is 1. The molecule has 0 fully saturated rings. The lowest BCUT2D eigenvalue weighted by atomic mass is 10.2. The van der Waals surface area contributed by atoms with Crippen LogP contribution in [-0.4, -0.2) is 36.6 Å². The van der Waals surface area contributed by atoms with Gasteiger partial charge in [0.25, 0.3) is 0 Å². The summed E-state index contributed by atoms with van der Waals surface area (Å²) in [4.78, 5) is 0. The van der Waals surface area contributed by atoms with Crippen molar-refractivity contribution in [1.29, 1.82) is 0 Å². The first-order valence-corrected chi connectivity index (χ1v) is 4.89. The summed E-state index contributed by atoms with van der Waals surface area (Å²) < 4.78 is 5.18. The van der Waals surface area contributed by atoms with Crippen LogP contribution in [-0.2, 0) is 6.54 Å². The molecule has 0 aliphatic heterocycles. The molecule has 0 unspecified atom stereocenters. The lowest BCUT2D eigenvalue weighted by molar-refractivity contribution is 0.0942. The molecule has 0 saturated heterocycles. The maximum Gasteiger partial charge on any atom is 0.123 e. The highest BCUT2D eigenvalue weighted by Gasteiger charge is 2.03. The van der Waals surface area contributed by atoms with Crippen LogP contribution in [0.15, 0.2) is 24.3 Å². The van der Waals surface area contributed by atoms with Crippen molar-refractivity contribution in [2.75, 3.05) is 20.3 Å². The molecule has 0 saturated carbocycles. The fourth-order valence-electron chi connectivity index (χ4n) is 1.29. The molecule has 1 aromatic carbocycles. The van der Waals surface area contributed by atoms with Gasteiger partial charge in [-0.05, 0) is 6.07 Å². The fourth-order valence-corrected chi connectivity index (χ4v) is 1.29. The summed E-state index contributed by atoms with van der Waals surface area (Å²) in [5, 5.41) is 20.8. The molecule has 1 aromatic rings. The standard InChI is InChI=1S/C11H17NO3/c1-15-11-5-3-2-4-9(11)6-12-7-10(14)8-13/h2-5,10,12-14H,6-8H2,1H3/t10-/m0/s1. The Balaban J connectivity index is 2.43. The summed E-state index contributed by atoms with van der Waals surface area (Å²) in [5.74, 6) is 0.823. The second-order valence-corrected chi connectivity index (χ2v) is 3.28. The van der Waals surface area contributed by atoms with Crippen LogP contribution in [0.1, 0.15) is 5.56 Å². The Bertz CT molecular complexity index is 291. The van der Waals surface area contributed by atoms with Gasteiger partial charge < -0.3 is 20.3 Å². The Morgan fingerprint density at radius 3 is 2.80 bits per heavy atom. The quantitative estimate of drug-likeness (QED) is 0.626. The fraction of sp³-hybridized carbons (Fsp3) is 0.455. The number of nitrogens with one attached hydrogen (secondary N) is 1. The topological polar surface area (TPSA) is 61.7 Å². The Morgan fingerprint density at radius 2 is 2.13 bits per heavy atom. The first-order valence-electron chi connectivity index (χ1n) is 4.89. The van der Waals surface area contributed by atoms with Gasteiger partial charge in [-0.2, -0.15) is 0 Å². The van der Waals surface area contributed by atoms with Crippen molar-refractivity contribution in [1.82, 2.24) is 5.32 Å². The third-order valence-corrected chi connectivity index (χ3v) is 2.10. The van der Waals surface area contributed by atoms with E-state index in [0.29, 0.717) is 13.1 Å². The van der Waals surface area contributed by atoms with Crippen molar-refractivity contribution >= 4 is 0 Å². The second-order valence-electron chi connectivity index (χ2n) is 3.28. The lowest BCUT2D eigenvalue weighted by Gasteiger charge is -2.11. The zero-order valence-electron chi connectivity index (χ0n) is 8.81. The Hall–Kier alpha value is -1.10. The highest BCUT2D eigenvalue weighted by Crippen LogP contribution is 2.16. The van der Waals surface area contributed by atoms with Gasteiger partial charge >= 0.3 is 0 Å². The molecule has 0 aliphatic carbocycles. The Kier molecular flexibility index (Phi) is 5.10. The van der Waals surface area contributed by atoms with Crippen LogP contribution in [0.4, 0.5) is 0 Å². The number of benzene rings is 1. The van der Waals surface area contributed by atoms with E-state index in [9.17, 15) is 0 Å². The third kappa shape index (κ3) is 3.87. The number of rotatable bonds is 6. The van der Waals surface area contributed by atoms with Gasteiger partial charge in [-0.1, -0.05) is 18.2 Å². The van der Waals surface area contributed by atoms with E-state index in [0.717, 1.165) is 11.3 Å². The van der Waals surface area contributed by atoms with Crippen LogP contribution in [0, 0.1) is 0 Å². The largest absolute Gasteiger partial charge is 0.496 e. The normalized spacial score (nSPS) is 12.5. The van der Waals surface area contributed by atoms with Crippen LogP contribution in [0.3, 0.4) is 0 Å². The van der Waals surface area contributed by atoms with Crippen LogP contribution in [0.5, 0.6) is 5.75 Å². The number of aliphatic hydroxyl groups excluding tert-OH is 2. The van der Waals surface area contributed by atoms with E-state index in [1.165, 1.54) is 0 Å². The monoisotopic (exact) mass is 211 g/mol.